The number of halogens is 1. The smallest absolute Gasteiger partial charge is 0.414 e. The average Bonchev–Trinajstić information content (AvgIpc) is 2.78. The molecule has 7 heteroatoms. The molecule has 0 fully saturated rings. The van der Waals surface area contributed by atoms with Gasteiger partial charge in [-0.05, 0) is 42.9 Å². The molecule has 0 bridgehead atoms. The summed E-state index contributed by atoms with van der Waals surface area (Å²) in [5.41, 5.74) is 1.37. The summed E-state index contributed by atoms with van der Waals surface area (Å²) in [6.07, 6.45) is 8.09. The van der Waals surface area contributed by atoms with Crippen molar-refractivity contribution in [2.75, 3.05) is 48.8 Å². The highest BCUT2D eigenvalue weighted by molar-refractivity contribution is 8.32. The number of carbonyl (C=O) groups excluding carboxylic acids is 1. The van der Waals surface area contributed by atoms with Crippen LogP contribution in [0.15, 0.2) is 17.0 Å². The van der Waals surface area contributed by atoms with E-state index in [-0.39, 0.29) is 4.90 Å². The van der Waals surface area contributed by atoms with Crippen LogP contribution in [0.1, 0.15) is 5.56 Å². The fourth-order valence-electron chi connectivity index (χ4n) is 2.25. The van der Waals surface area contributed by atoms with Gasteiger partial charge in [-0.2, -0.15) is 0 Å². The summed E-state index contributed by atoms with van der Waals surface area (Å²) in [6, 6.07) is 2.88. The topological polar surface area (TPSA) is 46.6 Å². The zero-order chi connectivity index (χ0) is 16.5. The monoisotopic (exact) mass is 347 g/mol. The van der Waals surface area contributed by atoms with Crippen molar-refractivity contribution in [1.82, 2.24) is 0 Å². The summed E-state index contributed by atoms with van der Waals surface area (Å²) in [6.45, 7) is 0.854. The van der Waals surface area contributed by atoms with Crippen LogP contribution in [-0.2, 0) is 22.0 Å². The molecule has 1 aliphatic heterocycles. The summed E-state index contributed by atoms with van der Waals surface area (Å²) >= 11 is 0. The first-order valence-electron chi connectivity index (χ1n) is 6.95. The van der Waals surface area contributed by atoms with Gasteiger partial charge in [-0.3, -0.25) is 9.11 Å². The third-order valence-corrected chi connectivity index (χ3v) is 5.80. The molecule has 0 N–H and O–H groups in total. The van der Waals surface area contributed by atoms with Crippen molar-refractivity contribution in [2.45, 2.75) is 11.3 Å². The van der Waals surface area contributed by atoms with Gasteiger partial charge < -0.3 is 4.74 Å². The van der Waals surface area contributed by atoms with Crippen LogP contribution in [0.3, 0.4) is 0 Å². The Balaban J connectivity index is 2.12. The van der Waals surface area contributed by atoms with E-state index in [4.69, 9.17) is 4.74 Å². The second kappa shape index (κ2) is 6.58. The molecule has 0 saturated carbocycles. The molecule has 1 heterocycles. The third kappa shape index (κ3) is 4.01. The Morgan fingerprint density at radius 3 is 2.68 bits per heavy atom. The molecule has 1 aromatic carbocycles. The van der Waals surface area contributed by atoms with Crippen molar-refractivity contribution in [3.63, 3.8) is 0 Å². The highest BCUT2D eigenvalue weighted by Crippen LogP contribution is 2.34. The minimum atomic E-state index is -1.43. The minimum absolute atomic E-state index is 0.123. The molecular weight excluding hydrogens is 325 g/mol. The van der Waals surface area contributed by atoms with Crippen molar-refractivity contribution in [3.05, 3.63) is 23.5 Å². The quantitative estimate of drug-likeness (QED) is 0.841. The van der Waals surface area contributed by atoms with E-state index in [0.29, 0.717) is 25.3 Å². The van der Waals surface area contributed by atoms with Crippen LogP contribution in [0.25, 0.3) is 0 Å². The number of carbonyl (C=O) groups is 1. The van der Waals surface area contributed by atoms with E-state index in [1.165, 1.54) is 23.3 Å². The first kappa shape index (κ1) is 17.3. The van der Waals surface area contributed by atoms with E-state index in [9.17, 15) is 13.4 Å². The molecule has 1 aliphatic rings. The van der Waals surface area contributed by atoms with Crippen molar-refractivity contribution < 1.29 is 18.1 Å². The molecule has 4 nitrogen and oxygen atoms in total. The van der Waals surface area contributed by atoms with Crippen LogP contribution < -0.4 is 4.90 Å². The van der Waals surface area contributed by atoms with Gasteiger partial charge in [0.1, 0.15) is 12.4 Å². The Bertz CT molecular complexity index is 614. The summed E-state index contributed by atoms with van der Waals surface area (Å²) < 4.78 is 30.7. The molecule has 2 rings (SSSR count). The molecule has 0 aromatic heterocycles. The maximum Gasteiger partial charge on any atom is 0.414 e. The Morgan fingerprint density at radius 1 is 1.41 bits per heavy atom. The van der Waals surface area contributed by atoms with E-state index in [2.05, 4.69) is 18.8 Å². The van der Waals surface area contributed by atoms with E-state index in [1.807, 2.05) is 0 Å². The molecule has 1 unspecified atom stereocenters. The first-order valence-corrected chi connectivity index (χ1v) is 11.5. The highest BCUT2D eigenvalue weighted by atomic mass is 32.3. The lowest BCUT2D eigenvalue weighted by atomic mass is 10.1. The van der Waals surface area contributed by atoms with Crippen LogP contribution in [0.5, 0.6) is 0 Å². The SMILES string of the molecule is CS(=O)c1cc2c(cc1F)CCN2C(=O)OCCS(C)(C)C. The summed E-state index contributed by atoms with van der Waals surface area (Å²) in [5.74, 6) is 0.374. The average molecular weight is 347 g/mol. The molecule has 0 radical (unpaired) electrons. The molecule has 0 saturated heterocycles. The maximum atomic E-state index is 13.8. The molecule has 1 amide bonds. The summed E-state index contributed by atoms with van der Waals surface area (Å²) in [4.78, 5) is 13.8. The van der Waals surface area contributed by atoms with Gasteiger partial charge in [0.25, 0.3) is 0 Å². The number of amides is 1. The van der Waals surface area contributed by atoms with E-state index in [1.54, 1.807) is 0 Å². The number of benzene rings is 1. The van der Waals surface area contributed by atoms with Crippen molar-refractivity contribution in [3.8, 4) is 0 Å². The van der Waals surface area contributed by atoms with Gasteiger partial charge in [0, 0.05) is 18.6 Å². The molecule has 0 spiro atoms. The predicted molar refractivity (Wildman–Crippen MR) is 91.4 cm³/mol. The van der Waals surface area contributed by atoms with Gasteiger partial charge in [-0.1, -0.05) is 0 Å². The fraction of sp³-hybridized carbons (Fsp3) is 0.533. The number of rotatable bonds is 4. The number of fused-ring (bicyclic) bond motifs is 1. The van der Waals surface area contributed by atoms with Gasteiger partial charge in [0.15, 0.2) is 0 Å². The Hall–Kier alpha value is -1.08. The largest absolute Gasteiger partial charge is 0.448 e. The zero-order valence-electron chi connectivity index (χ0n) is 13.3. The number of hydrogen-bond donors (Lipinski definition) is 0. The molecule has 124 valence electrons. The van der Waals surface area contributed by atoms with Crippen LogP contribution in [-0.4, -0.2) is 54.2 Å². The van der Waals surface area contributed by atoms with Crippen LogP contribution in [0.2, 0.25) is 0 Å². The Kier molecular flexibility index (Phi) is 5.17. The van der Waals surface area contributed by atoms with Gasteiger partial charge >= 0.3 is 6.09 Å². The van der Waals surface area contributed by atoms with E-state index in [0.717, 1.165) is 11.3 Å². The lowest BCUT2D eigenvalue weighted by Gasteiger charge is -2.25. The first-order chi connectivity index (χ1) is 10.2. The van der Waals surface area contributed by atoms with Gasteiger partial charge in [0.05, 0.1) is 21.4 Å². The zero-order valence-corrected chi connectivity index (χ0v) is 15.0. The summed E-state index contributed by atoms with van der Waals surface area (Å²) in [5, 5.41) is 0. The molecular formula is C15H22FNO3S2. The number of anilines is 1. The number of nitrogens with zero attached hydrogens (tertiary/aromatic N) is 1. The minimum Gasteiger partial charge on any atom is -0.448 e. The predicted octanol–water partition coefficient (Wildman–Crippen LogP) is 2.76. The number of ether oxygens (including phenoxy) is 1. The van der Waals surface area contributed by atoms with Crippen molar-refractivity contribution >= 4 is 32.6 Å². The normalized spacial score (nSPS) is 16.3. The lowest BCUT2D eigenvalue weighted by Crippen LogP contribution is -2.30. The van der Waals surface area contributed by atoms with E-state index < -0.39 is 32.7 Å². The maximum absolute atomic E-state index is 13.8. The molecule has 1 aromatic rings. The summed E-state index contributed by atoms with van der Waals surface area (Å²) in [7, 11) is -2.14. The second-order valence-corrected chi connectivity index (χ2v) is 12.1. The fourth-order valence-corrected chi connectivity index (χ4v) is 3.45. The Labute approximate surface area is 134 Å². The van der Waals surface area contributed by atoms with Crippen molar-refractivity contribution in [2.24, 2.45) is 0 Å². The van der Waals surface area contributed by atoms with Gasteiger partial charge in [0.2, 0.25) is 0 Å². The highest BCUT2D eigenvalue weighted by Gasteiger charge is 2.28. The Morgan fingerprint density at radius 2 is 2.09 bits per heavy atom. The van der Waals surface area contributed by atoms with Crippen LogP contribution in [0, 0.1) is 5.82 Å². The molecule has 22 heavy (non-hydrogen) atoms. The van der Waals surface area contributed by atoms with E-state index >= 15 is 0 Å². The van der Waals surface area contributed by atoms with Crippen LogP contribution in [0.4, 0.5) is 14.9 Å². The lowest BCUT2D eigenvalue weighted by molar-refractivity contribution is 0.161. The third-order valence-electron chi connectivity index (χ3n) is 3.48. The number of hydrogen-bond acceptors (Lipinski definition) is 3. The standard InChI is InChI=1S/C15H22FNO3S2/c1-21(19)14-10-13-11(9-12(14)16)5-6-17(13)15(18)20-7-8-22(2,3)4/h9-10H,5-8H2,1-4H3. The second-order valence-electron chi connectivity index (χ2n) is 6.18. The molecule has 1 atom stereocenters. The van der Waals surface area contributed by atoms with Gasteiger partial charge in [-0.25, -0.2) is 19.2 Å². The van der Waals surface area contributed by atoms with Crippen molar-refractivity contribution in [1.29, 1.82) is 0 Å². The molecule has 0 aliphatic carbocycles. The van der Waals surface area contributed by atoms with Crippen LogP contribution >= 0.6 is 10.0 Å². The van der Waals surface area contributed by atoms with Gasteiger partial charge in [-0.15, -0.1) is 0 Å².